The van der Waals surface area contributed by atoms with Crippen molar-refractivity contribution in [2.24, 2.45) is 0 Å². The fraction of sp³-hybridized carbons (Fsp3) is 0.667. The van der Waals surface area contributed by atoms with E-state index in [2.05, 4.69) is 0 Å². The van der Waals surface area contributed by atoms with E-state index in [4.69, 9.17) is 44.3 Å². The van der Waals surface area contributed by atoms with Crippen LogP contribution in [0.15, 0.2) is 11.4 Å². The summed E-state index contributed by atoms with van der Waals surface area (Å²) in [7, 11) is 0. The fourth-order valence-electron chi connectivity index (χ4n) is 0.480. The summed E-state index contributed by atoms with van der Waals surface area (Å²) in [6.07, 6.45) is 0. The van der Waals surface area contributed by atoms with E-state index in [0.29, 0.717) is 0 Å². The van der Waals surface area contributed by atoms with Crippen LogP contribution in [0.4, 0.5) is 0 Å². The Morgan fingerprint density at radius 2 is 1.08 bits per heavy atom. The maximum Gasteiger partial charge on any atom is 0.273 e. The molecule has 0 aliphatic heterocycles. The van der Waals surface area contributed by atoms with Gasteiger partial charge in [0.15, 0.2) is 0 Å². The highest BCUT2D eigenvalue weighted by Crippen LogP contribution is 2.26. The van der Waals surface area contributed by atoms with Crippen molar-refractivity contribution in [1.29, 1.82) is 0 Å². The summed E-state index contributed by atoms with van der Waals surface area (Å²) in [4.78, 5) is 0. The molecule has 0 spiro atoms. The number of hydrogen-bond donors (Lipinski definition) is 0. The van der Waals surface area contributed by atoms with Crippen molar-refractivity contribution in [2.75, 3.05) is 0 Å². The number of hydrogen-bond acceptors (Lipinski definition) is 0. The maximum absolute atomic E-state index is 6.01. The highest BCUT2D eigenvalue weighted by Gasteiger charge is 2.27. The zero-order valence-electron chi connectivity index (χ0n) is 7.08. The molecule has 0 aliphatic carbocycles. The van der Waals surface area contributed by atoms with Crippen molar-refractivity contribution in [3.63, 3.8) is 0 Å². The first-order valence-corrected chi connectivity index (χ1v) is 12.4. The molecule has 0 heterocycles. The predicted octanol–water partition coefficient (Wildman–Crippen LogP) is 4.50. The van der Waals surface area contributed by atoms with Gasteiger partial charge in [0.25, 0.3) is 13.4 Å². The lowest BCUT2D eigenvalue weighted by Crippen LogP contribution is -2.19. The third kappa shape index (κ3) is 5.89. The minimum absolute atomic E-state index is 0.786. The van der Waals surface area contributed by atoms with Gasteiger partial charge in [0.05, 0.1) is 0 Å². The van der Waals surface area contributed by atoms with Crippen molar-refractivity contribution >= 4 is 57.7 Å². The standard InChI is InChI=1S/C6H12Cl4Si2/c1-3-11(7,8)5-6-12(9,10)4-2/h5-6H,3-4H2,1-2H3. The Bertz CT molecular complexity index is 149. The summed E-state index contributed by atoms with van der Waals surface area (Å²) in [5, 5.41) is 0. The summed E-state index contributed by atoms with van der Waals surface area (Å²) >= 11 is 24.0. The molecular weight excluding hydrogens is 270 g/mol. The lowest BCUT2D eigenvalue weighted by molar-refractivity contribution is 1.44. The molecule has 0 N–H and O–H groups in total. The topological polar surface area (TPSA) is 0 Å². The monoisotopic (exact) mass is 280 g/mol. The van der Waals surface area contributed by atoms with Crippen LogP contribution in [0.3, 0.4) is 0 Å². The van der Waals surface area contributed by atoms with E-state index in [9.17, 15) is 0 Å². The molecule has 0 rings (SSSR count). The Morgan fingerprint density at radius 3 is 1.25 bits per heavy atom. The molecule has 0 aliphatic rings. The quantitative estimate of drug-likeness (QED) is 0.526. The van der Waals surface area contributed by atoms with E-state index in [-0.39, 0.29) is 0 Å². The van der Waals surface area contributed by atoms with Crippen LogP contribution in [0.1, 0.15) is 13.8 Å². The van der Waals surface area contributed by atoms with Gasteiger partial charge in [-0.3, -0.25) is 0 Å². The summed E-state index contributed by atoms with van der Waals surface area (Å²) in [5.74, 6) is 0. The third-order valence-electron chi connectivity index (χ3n) is 1.51. The molecule has 0 saturated heterocycles. The largest absolute Gasteiger partial charge is 0.273 e. The van der Waals surface area contributed by atoms with Crippen LogP contribution in [0, 0.1) is 0 Å². The Kier molecular flexibility index (Phi) is 5.86. The van der Waals surface area contributed by atoms with E-state index in [1.807, 2.05) is 25.2 Å². The van der Waals surface area contributed by atoms with Crippen molar-refractivity contribution in [2.45, 2.75) is 25.9 Å². The lowest BCUT2D eigenvalue weighted by atomic mass is 11.0. The first-order valence-electron chi connectivity index (χ1n) is 3.79. The third-order valence-corrected chi connectivity index (χ3v) is 9.76. The Labute approximate surface area is 94.7 Å². The minimum atomic E-state index is -2.17. The van der Waals surface area contributed by atoms with Gasteiger partial charge in [-0.2, -0.15) is 0 Å². The molecule has 0 aromatic rings. The van der Waals surface area contributed by atoms with Crippen molar-refractivity contribution < 1.29 is 0 Å². The second-order valence-electron chi connectivity index (χ2n) is 2.56. The van der Waals surface area contributed by atoms with E-state index in [1.54, 1.807) is 0 Å². The molecule has 0 aromatic carbocycles. The minimum Gasteiger partial charge on any atom is -0.140 e. The molecule has 0 aromatic heterocycles. The average Bonchev–Trinajstić information content (AvgIpc) is 2.02. The lowest BCUT2D eigenvalue weighted by Gasteiger charge is -2.11. The van der Waals surface area contributed by atoms with Crippen molar-refractivity contribution in [1.82, 2.24) is 0 Å². The van der Waals surface area contributed by atoms with Crippen molar-refractivity contribution in [3.8, 4) is 0 Å². The van der Waals surface area contributed by atoms with Gasteiger partial charge >= 0.3 is 0 Å². The van der Waals surface area contributed by atoms with Crippen LogP contribution in [0.5, 0.6) is 0 Å². The van der Waals surface area contributed by atoms with Gasteiger partial charge in [0, 0.05) is 0 Å². The smallest absolute Gasteiger partial charge is 0.140 e. The Hall–Kier alpha value is 1.33. The second kappa shape index (κ2) is 5.27. The summed E-state index contributed by atoms with van der Waals surface area (Å²) in [5.41, 5.74) is 3.65. The fourth-order valence-corrected chi connectivity index (χ4v) is 5.17. The zero-order valence-corrected chi connectivity index (χ0v) is 12.1. The molecule has 0 unspecified atom stereocenters. The van der Waals surface area contributed by atoms with Crippen LogP contribution >= 0.6 is 44.3 Å². The second-order valence-corrected chi connectivity index (χ2v) is 16.9. The van der Waals surface area contributed by atoms with Crippen molar-refractivity contribution in [3.05, 3.63) is 11.4 Å². The molecular formula is C6H12Cl4Si2. The molecule has 0 bridgehead atoms. The van der Waals surface area contributed by atoms with Gasteiger partial charge in [-0.05, 0) is 12.1 Å². The first-order chi connectivity index (χ1) is 5.33. The molecule has 0 radical (unpaired) electrons. The van der Waals surface area contributed by atoms with Gasteiger partial charge in [-0.1, -0.05) is 25.2 Å². The van der Waals surface area contributed by atoms with Crippen LogP contribution in [-0.4, -0.2) is 13.4 Å². The van der Waals surface area contributed by atoms with Gasteiger partial charge in [-0.15, -0.1) is 44.3 Å². The highest BCUT2D eigenvalue weighted by molar-refractivity contribution is 7.50. The summed E-state index contributed by atoms with van der Waals surface area (Å²) in [6.45, 7) is -0.414. The molecule has 0 amide bonds. The summed E-state index contributed by atoms with van der Waals surface area (Å²) in [6, 6.07) is 1.57. The van der Waals surface area contributed by atoms with E-state index < -0.39 is 13.4 Å². The van der Waals surface area contributed by atoms with Gasteiger partial charge in [-0.25, -0.2) is 0 Å². The number of halogens is 4. The Morgan fingerprint density at radius 1 is 0.833 bits per heavy atom. The predicted molar refractivity (Wildman–Crippen MR) is 65.0 cm³/mol. The Balaban J connectivity index is 4.23. The molecule has 0 nitrogen and oxygen atoms in total. The van der Waals surface area contributed by atoms with Crippen LogP contribution in [0.25, 0.3) is 0 Å². The zero-order chi connectivity index (χ0) is 9.83. The molecule has 12 heavy (non-hydrogen) atoms. The average molecular weight is 282 g/mol. The molecule has 0 saturated carbocycles. The number of rotatable bonds is 4. The molecule has 6 heteroatoms. The molecule has 0 fully saturated rings. The van der Waals surface area contributed by atoms with Crippen LogP contribution in [0.2, 0.25) is 12.1 Å². The van der Waals surface area contributed by atoms with Crippen LogP contribution < -0.4 is 0 Å². The SMILES string of the molecule is CC[Si](Cl)(Cl)C=C[Si](Cl)(Cl)CC. The first kappa shape index (κ1) is 13.3. The molecule has 72 valence electrons. The van der Waals surface area contributed by atoms with Gasteiger partial charge in [0.2, 0.25) is 0 Å². The van der Waals surface area contributed by atoms with E-state index in [1.165, 1.54) is 0 Å². The maximum atomic E-state index is 6.01. The highest BCUT2D eigenvalue weighted by atomic mass is 35.7. The normalized spacial score (nSPS) is 14.2. The van der Waals surface area contributed by atoms with Gasteiger partial charge < -0.3 is 0 Å². The van der Waals surface area contributed by atoms with E-state index >= 15 is 0 Å². The van der Waals surface area contributed by atoms with Crippen LogP contribution in [-0.2, 0) is 0 Å². The summed E-state index contributed by atoms with van der Waals surface area (Å²) < 4.78 is 0. The van der Waals surface area contributed by atoms with Gasteiger partial charge in [0.1, 0.15) is 0 Å². The van der Waals surface area contributed by atoms with E-state index in [0.717, 1.165) is 12.1 Å². The molecule has 0 atom stereocenters.